The van der Waals surface area contributed by atoms with Crippen LogP contribution in [0.3, 0.4) is 0 Å². The standard InChI is InChI=1S/C25H24N4O4S/c1-27(2)18-8-10-19(11-9-18)28-14-4-5-20(28)15-22-24(31)29(25(32)34-22)16-23(30)26-17-6-12-21(33-3)13-7-17/h4-15H,16H2,1-3H3,(H,26,30)/b22-15-. The Morgan fingerprint density at radius 3 is 2.41 bits per heavy atom. The van der Waals surface area contributed by atoms with Crippen LogP contribution in [-0.2, 0) is 9.59 Å². The van der Waals surface area contributed by atoms with Crippen LogP contribution >= 0.6 is 11.8 Å². The molecular weight excluding hydrogens is 452 g/mol. The van der Waals surface area contributed by atoms with Gasteiger partial charge < -0.3 is 19.5 Å². The Kier molecular flexibility index (Phi) is 6.74. The Balaban J connectivity index is 1.47. The van der Waals surface area contributed by atoms with Gasteiger partial charge in [0.05, 0.1) is 12.0 Å². The van der Waals surface area contributed by atoms with Crippen LogP contribution in [0.4, 0.5) is 16.2 Å². The Bertz CT molecular complexity index is 1250. The number of carbonyl (C=O) groups is 3. The van der Waals surface area contributed by atoms with Gasteiger partial charge in [-0.2, -0.15) is 0 Å². The van der Waals surface area contributed by atoms with E-state index in [-0.39, 0.29) is 11.4 Å². The first-order chi connectivity index (χ1) is 16.4. The molecule has 0 atom stereocenters. The highest BCUT2D eigenvalue weighted by molar-refractivity contribution is 8.18. The van der Waals surface area contributed by atoms with Crippen molar-refractivity contribution in [1.29, 1.82) is 0 Å². The molecule has 0 bridgehead atoms. The maximum absolute atomic E-state index is 12.9. The predicted octanol–water partition coefficient (Wildman–Crippen LogP) is 4.23. The summed E-state index contributed by atoms with van der Waals surface area (Å²) in [6.45, 7) is -0.360. The molecule has 1 aliphatic rings. The van der Waals surface area contributed by atoms with E-state index in [4.69, 9.17) is 4.74 Å². The highest BCUT2D eigenvalue weighted by Gasteiger charge is 2.36. The van der Waals surface area contributed by atoms with Crippen molar-refractivity contribution in [1.82, 2.24) is 9.47 Å². The zero-order valence-electron chi connectivity index (χ0n) is 19.0. The lowest BCUT2D eigenvalue weighted by atomic mass is 10.2. The molecule has 0 saturated carbocycles. The first kappa shape index (κ1) is 23.2. The second-order valence-electron chi connectivity index (χ2n) is 7.76. The van der Waals surface area contributed by atoms with Gasteiger partial charge in [0.25, 0.3) is 11.1 Å². The highest BCUT2D eigenvalue weighted by Crippen LogP contribution is 2.32. The fraction of sp³-hybridized carbons (Fsp3) is 0.160. The van der Waals surface area contributed by atoms with Gasteiger partial charge >= 0.3 is 0 Å². The lowest BCUT2D eigenvalue weighted by Gasteiger charge is -2.14. The molecule has 8 nitrogen and oxygen atoms in total. The van der Waals surface area contributed by atoms with Gasteiger partial charge in [0.1, 0.15) is 12.3 Å². The van der Waals surface area contributed by atoms with E-state index in [1.54, 1.807) is 37.5 Å². The van der Waals surface area contributed by atoms with Gasteiger partial charge in [-0.15, -0.1) is 0 Å². The molecule has 1 fully saturated rings. The number of hydrogen-bond acceptors (Lipinski definition) is 6. The molecule has 4 rings (SSSR count). The second kappa shape index (κ2) is 9.88. The molecule has 2 aromatic carbocycles. The molecule has 3 amide bonds. The van der Waals surface area contributed by atoms with Crippen LogP contribution in [0.1, 0.15) is 5.69 Å². The molecular formula is C25H24N4O4S. The number of amides is 3. The van der Waals surface area contributed by atoms with Crippen molar-refractivity contribution in [3.63, 3.8) is 0 Å². The first-order valence-corrected chi connectivity index (χ1v) is 11.3. The first-order valence-electron chi connectivity index (χ1n) is 10.5. The molecule has 1 aliphatic heterocycles. The van der Waals surface area contributed by atoms with E-state index in [0.29, 0.717) is 11.4 Å². The van der Waals surface area contributed by atoms with Crippen molar-refractivity contribution < 1.29 is 19.1 Å². The van der Waals surface area contributed by atoms with E-state index in [1.807, 2.05) is 66.2 Å². The number of anilines is 2. The van der Waals surface area contributed by atoms with Gasteiger partial charge in [0.2, 0.25) is 5.91 Å². The topological polar surface area (TPSA) is 83.9 Å². The molecule has 0 spiro atoms. The molecule has 174 valence electrons. The molecule has 1 saturated heterocycles. The van der Waals surface area contributed by atoms with Gasteiger partial charge in [-0.05, 0) is 78.5 Å². The SMILES string of the molecule is COc1ccc(NC(=O)CN2C(=O)S/C(=C\c3cccn3-c3ccc(N(C)C)cc3)C2=O)cc1. The summed E-state index contributed by atoms with van der Waals surface area (Å²) >= 11 is 0.826. The van der Waals surface area contributed by atoms with Crippen LogP contribution in [0.2, 0.25) is 0 Å². The van der Waals surface area contributed by atoms with Gasteiger partial charge in [-0.1, -0.05) is 0 Å². The number of aromatic nitrogens is 1. The molecule has 0 aliphatic carbocycles. The van der Waals surface area contributed by atoms with E-state index in [2.05, 4.69) is 5.32 Å². The van der Waals surface area contributed by atoms with Crippen molar-refractivity contribution in [3.8, 4) is 11.4 Å². The molecule has 0 unspecified atom stereocenters. The number of benzene rings is 2. The number of ether oxygens (including phenoxy) is 1. The van der Waals surface area contributed by atoms with E-state index >= 15 is 0 Å². The molecule has 2 heterocycles. The molecule has 1 N–H and O–H groups in total. The predicted molar refractivity (Wildman–Crippen MR) is 134 cm³/mol. The van der Waals surface area contributed by atoms with Crippen LogP contribution in [-0.4, -0.2) is 54.3 Å². The third kappa shape index (κ3) is 4.99. The number of hydrogen-bond donors (Lipinski definition) is 1. The van der Waals surface area contributed by atoms with Crippen molar-refractivity contribution in [2.75, 3.05) is 38.0 Å². The van der Waals surface area contributed by atoms with Crippen molar-refractivity contribution in [2.45, 2.75) is 0 Å². The maximum atomic E-state index is 12.9. The molecule has 1 aromatic heterocycles. The van der Waals surface area contributed by atoms with E-state index < -0.39 is 17.1 Å². The smallest absolute Gasteiger partial charge is 0.294 e. The maximum Gasteiger partial charge on any atom is 0.294 e. The highest BCUT2D eigenvalue weighted by atomic mass is 32.2. The summed E-state index contributed by atoms with van der Waals surface area (Å²) in [6.07, 6.45) is 3.56. The summed E-state index contributed by atoms with van der Waals surface area (Å²) in [4.78, 5) is 41.0. The number of nitrogens with zero attached hydrogens (tertiary/aromatic N) is 3. The third-order valence-corrected chi connectivity index (χ3v) is 6.16. The van der Waals surface area contributed by atoms with Gasteiger partial charge in [-0.25, -0.2) is 0 Å². The molecule has 34 heavy (non-hydrogen) atoms. The quantitative estimate of drug-likeness (QED) is 0.514. The van der Waals surface area contributed by atoms with Crippen LogP contribution in [0.5, 0.6) is 5.75 Å². The fourth-order valence-electron chi connectivity index (χ4n) is 3.45. The van der Waals surface area contributed by atoms with E-state index in [1.165, 1.54) is 0 Å². The van der Waals surface area contributed by atoms with Gasteiger partial charge in [0, 0.05) is 43.0 Å². The summed E-state index contributed by atoms with van der Waals surface area (Å²) in [6, 6.07) is 18.5. The summed E-state index contributed by atoms with van der Waals surface area (Å²) in [7, 11) is 5.51. The van der Waals surface area contributed by atoms with Gasteiger partial charge in [0.15, 0.2) is 0 Å². The van der Waals surface area contributed by atoms with Crippen LogP contribution < -0.4 is 15.0 Å². The van der Waals surface area contributed by atoms with E-state index in [9.17, 15) is 14.4 Å². The second-order valence-corrected chi connectivity index (χ2v) is 8.75. The van der Waals surface area contributed by atoms with Crippen LogP contribution in [0.15, 0.2) is 71.8 Å². The normalized spacial score (nSPS) is 14.6. The summed E-state index contributed by atoms with van der Waals surface area (Å²) in [5.41, 5.74) is 3.31. The fourth-order valence-corrected chi connectivity index (χ4v) is 4.27. The lowest BCUT2D eigenvalue weighted by Crippen LogP contribution is -2.36. The summed E-state index contributed by atoms with van der Waals surface area (Å²) < 4.78 is 7.03. The van der Waals surface area contributed by atoms with Crippen molar-refractivity contribution >= 4 is 46.3 Å². The lowest BCUT2D eigenvalue weighted by molar-refractivity contribution is -0.127. The number of carbonyl (C=O) groups excluding carboxylic acids is 3. The Labute approximate surface area is 201 Å². The van der Waals surface area contributed by atoms with Crippen molar-refractivity contribution in [2.24, 2.45) is 0 Å². The van der Waals surface area contributed by atoms with Crippen LogP contribution in [0.25, 0.3) is 11.8 Å². The Morgan fingerprint density at radius 1 is 1.06 bits per heavy atom. The summed E-state index contributed by atoms with van der Waals surface area (Å²) in [5, 5.41) is 2.21. The third-order valence-electron chi connectivity index (χ3n) is 5.25. The minimum Gasteiger partial charge on any atom is -0.497 e. The Hall–Kier alpha value is -3.98. The Morgan fingerprint density at radius 2 is 1.76 bits per heavy atom. The van der Waals surface area contributed by atoms with Gasteiger partial charge in [-0.3, -0.25) is 19.3 Å². The zero-order valence-corrected chi connectivity index (χ0v) is 19.8. The number of thioether (sulfide) groups is 1. The monoisotopic (exact) mass is 476 g/mol. The van der Waals surface area contributed by atoms with Crippen LogP contribution in [0, 0.1) is 0 Å². The minimum absolute atomic E-state index is 0.270. The minimum atomic E-state index is -0.490. The number of nitrogens with one attached hydrogen (secondary N) is 1. The molecule has 0 radical (unpaired) electrons. The number of imide groups is 1. The number of methoxy groups -OCH3 is 1. The zero-order chi connectivity index (χ0) is 24.2. The molecule has 3 aromatic rings. The average molecular weight is 477 g/mol. The average Bonchev–Trinajstić information content (AvgIpc) is 3.39. The summed E-state index contributed by atoms with van der Waals surface area (Å²) in [5.74, 6) is -0.291. The largest absolute Gasteiger partial charge is 0.497 e. The van der Waals surface area contributed by atoms with E-state index in [0.717, 1.165) is 33.7 Å². The number of rotatable bonds is 7. The van der Waals surface area contributed by atoms with Crippen molar-refractivity contribution in [3.05, 3.63) is 77.5 Å². The molecule has 9 heteroatoms.